The standard InChI is InChI=1S/C31H28N6O6.3C2HF3O2/c1-20-18-21(26-4-2-3-5-27(26)32-20)19-43-25-12-6-22(7-13-25)31(28(38)33-30(40)34-29(31)39)36-16-14-35(15-17-36)23-8-10-24(11-9-23)37(41)42;3*3-2(4,5)1(6)7/h2-13,18H,14-17,19H2,1H3,(H2,33,34,38,39,40);3*(H,6,7). The van der Waals surface area contributed by atoms with E-state index in [1.807, 2.05) is 42.2 Å². The highest BCUT2D eigenvalue weighted by atomic mass is 19.4. The number of ether oxygens (including phenoxy) is 1. The number of nitrogens with one attached hydrogen (secondary N) is 2. The molecule has 4 amide bonds. The predicted molar refractivity (Wildman–Crippen MR) is 199 cm³/mol. The monoisotopic (exact) mass is 922 g/mol. The normalized spacial score (nSPS) is 15.1. The van der Waals surface area contributed by atoms with Crippen molar-refractivity contribution in [2.24, 2.45) is 0 Å². The van der Waals surface area contributed by atoms with E-state index >= 15 is 0 Å². The number of nitro groups is 1. The molecule has 6 rings (SSSR count). The van der Waals surface area contributed by atoms with Gasteiger partial charge in [0.05, 0.1) is 10.4 Å². The number of hydrogen-bond acceptors (Lipinski definition) is 12. The van der Waals surface area contributed by atoms with Gasteiger partial charge in [-0.1, -0.05) is 30.3 Å². The van der Waals surface area contributed by atoms with Crippen LogP contribution in [0.4, 0.5) is 55.7 Å². The fraction of sp³-hybridized carbons (Fsp3) is 0.270. The molecule has 4 aromatic rings. The maximum absolute atomic E-state index is 13.5. The van der Waals surface area contributed by atoms with Gasteiger partial charge >= 0.3 is 42.5 Å². The van der Waals surface area contributed by atoms with Gasteiger partial charge in [-0.2, -0.15) is 39.5 Å². The lowest BCUT2D eigenvalue weighted by molar-refractivity contribution is -0.384. The second-order valence-corrected chi connectivity index (χ2v) is 12.9. The highest BCUT2D eigenvalue weighted by Gasteiger charge is 2.56. The molecule has 27 heteroatoms. The Labute approximate surface area is 352 Å². The highest BCUT2D eigenvalue weighted by molar-refractivity contribution is 6.22. The number of piperazine rings is 1. The van der Waals surface area contributed by atoms with Crippen LogP contribution in [0.2, 0.25) is 0 Å². The summed E-state index contributed by atoms with van der Waals surface area (Å²) in [5.74, 6) is -9.17. The largest absolute Gasteiger partial charge is 0.490 e. The maximum atomic E-state index is 13.5. The highest BCUT2D eigenvalue weighted by Crippen LogP contribution is 2.35. The molecule has 1 aromatic heterocycles. The van der Waals surface area contributed by atoms with Crippen LogP contribution in [0.1, 0.15) is 16.8 Å². The van der Waals surface area contributed by atoms with Gasteiger partial charge in [-0.25, -0.2) is 19.2 Å². The van der Waals surface area contributed by atoms with Gasteiger partial charge in [-0.05, 0) is 48.9 Å². The summed E-state index contributed by atoms with van der Waals surface area (Å²) in [6.07, 6.45) is -15.3. The molecule has 0 radical (unpaired) electrons. The van der Waals surface area contributed by atoms with Crippen molar-refractivity contribution >= 4 is 58.0 Å². The molecule has 2 fully saturated rings. The minimum absolute atomic E-state index is 0.00165. The van der Waals surface area contributed by atoms with Gasteiger partial charge in [-0.3, -0.25) is 40.2 Å². The summed E-state index contributed by atoms with van der Waals surface area (Å²) in [7, 11) is 0. The van der Waals surface area contributed by atoms with E-state index in [0.29, 0.717) is 44.1 Å². The Bertz CT molecular complexity index is 2290. The number of urea groups is 1. The number of barbiturate groups is 1. The molecule has 2 aliphatic heterocycles. The smallest absolute Gasteiger partial charge is 0.489 e. The summed E-state index contributed by atoms with van der Waals surface area (Å²) < 4.78 is 101. The van der Waals surface area contributed by atoms with Crippen LogP contribution in [-0.2, 0) is 36.1 Å². The van der Waals surface area contributed by atoms with Crippen molar-refractivity contribution in [3.63, 3.8) is 0 Å². The van der Waals surface area contributed by atoms with Gasteiger partial charge in [-0.15, -0.1) is 0 Å². The first kappa shape index (κ1) is 50.8. The van der Waals surface area contributed by atoms with Crippen LogP contribution in [0.3, 0.4) is 0 Å². The van der Waals surface area contributed by atoms with Crippen LogP contribution < -0.4 is 20.3 Å². The van der Waals surface area contributed by atoms with Crippen LogP contribution in [-0.4, -0.2) is 111 Å². The van der Waals surface area contributed by atoms with E-state index in [9.17, 15) is 64.0 Å². The van der Waals surface area contributed by atoms with Gasteiger partial charge in [0.25, 0.3) is 17.5 Å². The quantitative estimate of drug-likeness (QED) is 0.0681. The SMILES string of the molecule is Cc1cc(COc2ccc(C3(N4CCN(c5ccc([N+](=O)[O-])cc5)CC4)C(=O)NC(=O)NC3=O)cc2)c2ccccc2n1.O=C(O)C(F)(F)F.O=C(O)C(F)(F)F.O=C(O)C(F)(F)F. The van der Waals surface area contributed by atoms with Gasteiger partial charge in [0.1, 0.15) is 12.4 Å². The Kier molecular flexibility index (Phi) is 16.3. The molecule has 2 aliphatic rings. The molecule has 5 N–H and O–H groups in total. The van der Waals surface area contributed by atoms with E-state index in [1.165, 1.54) is 12.1 Å². The number of carboxylic acids is 3. The summed E-state index contributed by atoms with van der Waals surface area (Å²) in [5, 5.41) is 37.9. The number of carbonyl (C=O) groups excluding carboxylic acids is 3. The number of fused-ring (bicyclic) bond motifs is 1. The minimum atomic E-state index is -5.08. The number of non-ortho nitro benzene ring substituents is 1. The molecule has 344 valence electrons. The number of rotatable bonds is 7. The number of amides is 4. The van der Waals surface area contributed by atoms with E-state index in [1.54, 1.807) is 41.3 Å². The number of aromatic nitrogens is 1. The molecule has 0 atom stereocenters. The zero-order valence-electron chi connectivity index (χ0n) is 32.2. The van der Waals surface area contributed by atoms with Crippen molar-refractivity contribution in [1.82, 2.24) is 20.5 Å². The van der Waals surface area contributed by atoms with Gasteiger partial charge in [0.15, 0.2) is 0 Å². The number of alkyl halides is 9. The molecular formula is C37H31F9N6O12. The van der Waals surface area contributed by atoms with E-state index in [4.69, 9.17) is 34.4 Å². The number of nitro benzene ring substituents is 1. The summed E-state index contributed by atoms with van der Waals surface area (Å²) in [6.45, 7) is 3.77. The molecule has 0 aliphatic carbocycles. The molecule has 3 heterocycles. The van der Waals surface area contributed by atoms with Crippen molar-refractivity contribution < 1.29 is 93.3 Å². The third-order valence-electron chi connectivity index (χ3n) is 8.61. The second-order valence-electron chi connectivity index (χ2n) is 12.9. The molecule has 0 unspecified atom stereocenters. The fourth-order valence-corrected chi connectivity index (χ4v) is 5.81. The van der Waals surface area contributed by atoms with Crippen LogP contribution in [0.15, 0.2) is 78.9 Å². The average molecular weight is 923 g/mol. The Morgan fingerprint density at radius 2 is 1.20 bits per heavy atom. The van der Waals surface area contributed by atoms with Gasteiger partial charge in [0, 0.05) is 60.6 Å². The minimum Gasteiger partial charge on any atom is -0.489 e. The van der Waals surface area contributed by atoms with Crippen LogP contribution >= 0.6 is 0 Å². The third-order valence-corrected chi connectivity index (χ3v) is 8.61. The number of halogens is 9. The number of carboxylic acid groups (broad SMARTS) is 3. The Hall–Kier alpha value is -7.58. The number of aliphatic carboxylic acids is 3. The summed E-state index contributed by atoms with van der Waals surface area (Å²) >= 11 is 0. The number of nitrogens with zero attached hydrogens (tertiary/aromatic N) is 4. The lowest BCUT2D eigenvalue weighted by Gasteiger charge is -2.47. The molecule has 64 heavy (non-hydrogen) atoms. The van der Waals surface area contributed by atoms with E-state index in [-0.39, 0.29) is 5.69 Å². The first-order chi connectivity index (χ1) is 29.6. The van der Waals surface area contributed by atoms with Crippen molar-refractivity contribution in [1.29, 1.82) is 0 Å². The number of benzene rings is 3. The van der Waals surface area contributed by atoms with Gasteiger partial charge in [0.2, 0.25) is 5.54 Å². The van der Waals surface area contributed by atoms with Crippen molar-refractivity contribution in [3.8, 4) is 5.75 Å². The van der Waals surface area contributed by atoms with E-state index in [2.05, 4.69) is 15.6 Å². The summed E-state index contributed by atoms with van der Waals surface area (Å²) in [5.41, 5.74) is 2.18. The van der Waals surface area contributed by atoms with Crippen LogP contribution in [0, 0.1) is 17.0 Å². The predicted octanol–water partition coefficient (Wildman–Crippen LogP) is 5.31. The number of aryl methyl sites for hydroxylation is 1. The third kappa shape index (κ3) is 13.2. The van der Waals surface area contributed by atoms with Crippen molar-refractivity contribution in [2.45, 2.75) is 37.6 Å². The topological polar surface area (TPSA) is 259 Å². The second kappa shape index (κ2) is 20.5. The summed E-state index contributed by atoms with van der Waals surface area (Å²) in [4.78, 5) is 84.6. The van der Waals surface area contributed by atoms with Crippen LogP contribution in [0.25, 0.3) is 10.9 Å². The molecule has 0 bridgehead atoms. The summed E-state index contributed by atoms with van der Waals surface area (Å²) in [6, 6.07) is 22.0. The van der Waals surface area contributed by atoms with Gasteiger partial charge < -0.3 is 25.0 Å². The lowest BCUT2D eigenvalue weighted by Crippen LogP contribution is -2.73. The lowest BCUT2D eigenvalue weighted by atomic mass is 9.84. The first-order valence-corrected chi connectivity index (χ1v) is 17.5. The van der Waals surface area contributed by atoms with E-state index < -0.39 is 64.7 Å². The average Bonchev–Trinajstić information content (AvgIpc) is 3.20. The molecular weight excluding hydrogens is 891 g/mol. The molecule has 3 aromatic carbocycles. The number of anilines is 1. The van der Waals surface area contributed by atoms with E-state index in [0.717, 1.165) is 27.8 Å². The zero-order valence-corrected chi connectivity index (χ0v) is 32.2. The van der Waals surface area contributed by atoms with Crippen molar-refractivity contribution in [2.75, 3.05) is 31.1 Å². The fourth-order valence-electron chi connectivity index (χ4n) is 5.81. The number of carbonyl (C=O) groups is 6. The molecule has 18 nitrogen and oxygen atoms in total. The number of hydrogen-bond donors (Lipinski definition) is 5. The Morgan fingerprint density at radius 1 is 0.750 bits per heavy atom. The Balaban J connectivity index is 0.000000429. The number of pyridine rings is 1. The number of imide groups is 2. The first-order valence-electron chi connectivity index (χ1n) is 17.5. The van der Waals surface area contributed by atoms with Crippen molar-refractivity contribution in [3.05, 3.63) is 106 Å². The Morgan fingerprint density at radius 3 is 1.64 bits per heavy atom. The zero-order chi connectivity index (χ0) is 48.4. The molecule has 0 saturated carbocycles. The molecule has 2 saturated heterocycles. The number of para-hydroxylation sites is 1. The van der Waals surface area contributed by atoms with Crippen LogP contribution in [0.5, 0.6) is 5.75 Å². The maximum Gasteiger partial charge on any atom is 0.490 e. The molecule has 0 spiro atoms.